The van der Waals surface area contributed by atoms with E-state index in [4.69, 9.17) is 16.3 Å². The van der Waals surface area contributed by atoms with E-state index < -0.39 is 18.5 Å². The molecule has 8 heteroatoms. The normalized spacial score (nSPS) is 16.2. The predicted molar refractivity (Wildman–Crippen MR) is 127 cm³/mol. The fraction of sp³-hybridized carbons (Fsp3) is 0.440. The van der Waals surface area contributed by atoms with Gasteiger partial charge in [-0.25, -0.2) is 9.18 Å². The van der Waals surface area contributed by atoms with E-state index in [-0.39, 0.29) is 18.7 Å². The first kappa shape index (κ1) is 25.0. The van der Waals surface area contributed by atoms with Crippen molar-refractivity contribution in [3.05, 3.63) is 70.7 Å². The number of hydrogen-bond acceptors (Lipinski definition) is 4. The van der Waals surface area contributed by atoms with Crippen LogP contribution in [-0.4, -0.2) is 60.4 Å². The summed E-state index contributed by atoms with van der Waals surface area (Å²) in [5, 5.41) is 3.17. The van der Waals surface area contributed by atoms with Gasteiger partial charge in [-0.15, -0.1) is 0 Å². The summed E-state index contributed by atoms with van der Waals surface area (Å²) in [6.45, 7) is 5.22. The lowest BCUT2D eigenvalue weighted by atomic mass is 10.0. The van der Waals surface area contributed by atoms with Crippen molar-refractivity contribution in [2.75, 3.05) is 26.2 Å². The molecule has 1 heterocycles. The monoisotopic (exact) mass is 475 g/mol. The van der Waals surface area contributed by atoms with Gasteiger partial charge in [0.05, 0.1) is 0 Å². The molecule has 1 aliphatic heterocycles. The SMILES string of the molecule is CCCC(F)OC(=O)NC(Cc1ccc(Cl)cc1)C(=O)N1CCN(Cc2ccccc2)CC1. The average Bonchev–Trinajstić information content (AvgIpc) is 2.81. The van der Waals surface area contributed by atoms with Crippen LogP contribution in [0.4, 0.5) is 9.18 Å². The van der Waals surface area contributed by atoms with Crippen LogP contribution in [0.15, 0.2) is 54.6 Å². The summed E-state index contributed by atoms with van der Waals surface area (Å²) in [5.41, 5.74) is 2.07. The molecule has 33 heavy (non-hydrogen) atoms. The first-order valence-electron chi connectivity index (χ1n) is 11.4. The van der Waals surface area contributed by atoms with Gasteiger partial charge in [-0.1, -0.05) is 61.0 Å². The molecule has 0 saturated carbocycles. The summed E-state index contributed by atoms with van der Waals surface area (Å²) < 4.78 is 18.5. The van der Waals surface area contributed by atoms with Gasteiger partial charge in [0.25, 0.3) is 0 Å². The van der Waals surface area contributed by atoms with Crippen LogP contribution in [0.25, 0.3) is 0 Å². The first-order chi connectivity index (χ1) is 15.9. The Bertz CT molecular complexity index is 890. The Morgan fingerprint density at radius 3 is 2.33 bits per heavy atom. The van der Waals surface area contributed by atoms with Gasteiger partial charge in [-0.2, -0.15) is 0 Å². The third-order valence-corrected chi connectivity index (χ3v) is 5.88. The summed E-state index contributed by atoms with van der Waals surface area (Å²) in [6, 6.07) is 16.4. The molecular weight excluding hydrogens is 445 g/mol. The van der Waals surface area contributed by atoms with Gasteiger partial charge in [-0.05, 0) is 29.7 Å². The molecule has 1 N–H and O–H groups in total. The van der Waals surface area contributed by atoms with Crippen LogP contribution in [0.1, 0.15) is 30.9 Å². The molecule has 0 aliphatic carbocycles. The Hall–Kier alpha value is -2.64. The summed E-state index contributed by atoms with van der Waals surface area (Å²) in [6.07, 6.45) is -1.68. The van der Waals surface area contributed by atoms with Crippen LogP contribution in [0.3, 0.4) is 0 Å². The number of carbonyl (C=O) groups excluding carboxylic acids is 2. The average molecular weight is 476 g/mol. The van der Waals surface area contributed by atoms with E-state index in [0.29, 0.717) is 24.5 Å². The third kappa shape index (κ3) is 8.02. The minimum atomic E-state index is -1.69. The van der Waals surface area contributed by atoms with Crippen molar-refractivity contribution in [1.82, 2.24) is 15.1 Å². The summed E-state index contributed by atoms with van der Waals surface area (Å²) in [7, 11) is 0. The lowest BCUT2D eigenvalue weighted by Crippen LogP contribution is -2.55. The molecule has 3 rings (SSSR count). The molecule has 2 unspecified atom stereocenters. The number of benzene rings is 2. The number of amides is 2. The van der Waals surface area contributed by atoms with Crippen LogP contribution in [0.5, 0.6) is 0 Å². The Labute approximate surface area is 199 Å². The van der Waals surface area contributed by atoms with E-state index in [1.807, 2.05) is 30.3 Å². The van der Waals surface area contributed by atoms with Crippen molar-refractivity contribution in [2.45, 2.75) is 45.1 Å². The molecule has 2 aromatic rings. The number of ether oxygens (including phenoxy) is 1. The predicted octanol–water partition coefficient (Wildman–Crippen LogP) is 4.42. The van der Waals surface area contributed by atoms with Crippen molar-refractivity contribution in [3.8, 4) is 0 Å². The van der Waals surface area contributed by atoms with Crippen molar-refractivity contribution in [3.63, 3.8) is 0 Å². The van der Waals surface area contributed by atoms with E-state index in [2.05, 4.69) is 22.3 Å². The minimum Gasteiger partial charge on any atom is -0.415 e. The third-order valence-electron chi connectivity index (χ3n) is 5.63. The second-order valence-electron chi connectivity index (χ2n) is 8.22. The van der Waals surface area contributed by atoms with Gasteiger partial charge >= 0.3 is 6.09 Å². The number of carbonyl (C=O) groups is 2. The van der Waals surface area contributed by atoms with E-state index in [0.717, 1.165) is 25.2 Å². The number of nitrogens with zero attached hydrogens (tertiary/aromatic N) is 2. The fourth-order valence-corrected chi connectivity index (χ4v) is 3.95. The van der Waals surface area contributed by atoms with E-state index in [9.17, 15) is 14.0 Å². The molecule has 2 amide bonds. The maximum atomic E-state index is 13.8. The second kappa shape index (κ2) is 12.6. The van der Waals surface area contributed by atoms with Crippen LogP contribution in [0, 0.1) is 0 Å². The second-order valence-corrected chi connectivity index (χ2v) is 8.66. The number of alkyl carbamates (subject to hydrolysis) is 1. The zero-order valence-corrected chi connectivity index (χ0v) is 19.6. The van der Waals surface area contributed by atoms with Gasteiger partial charge in [0.2, 0.25) is 12.3 Å². The Morgan fingerprint density at radius 2 is 1.70 bits per heavy atom. The highest BCUT2D eigenvalue weighted by molar-refractivity contribution is 6.30. The van der Waals surface area contributed by atoms with Gasteiger partial charge < -0.3 is 15.0 Å². The van der Waals surface area contributed by atoms with Gasteiger partial charge in [0, 0.05) is 50.6 Å². The van der Waals surface area contributed by atoms with Crippen molar-refractivity contribution in [2.24, 2.45) is 0 Å². The minimum absolute atomic E-state index is 0.118. The van der Waals surface area contributed by atoms with Crippen LogP contribution < -0.4 is 5.32 Å². The standard InChI is InChI=1S/C25H31ClFN3O3/c1-2-6-23(27)33-25(32)28-22(17-19-9-11-21(26)12-10-19)24(31)30-15-13-29(14-16-30)18-20-7-4-3-5-8-20/h3-5,7-12,22-23H,2,6,13-18H2,1H3,(H,28,32). The largest absolute Gasteiger partial charge is 0.415 e. The zero-order valence-electron chi connectivity index (χ0n) is 18.9. The number of alkyl halides is 1. The number of rotatable bonds is 9. The molecule has 178 valence electrons. The molecule has 0 aromatic heterocycles. The molecule has 0 spiro atoms. The lowest BCUT2D eigenvalue weighted by molar-refractivity contribution is -0.135. The number of halogens is 2. The maximum Gasteiger partial charge on any atom is 0.410 e. The van der Waals surface area contributed by atoms with Gasteiger partial charge in [-0.3, -0.25) is 9.69 Å². The molecule has 2 aromatic carbocycles. The van der Waals surface area contributed by atoms with E-state index in [1.54, 1.807) is 24.0 Å². The maximum absolute atomic E-state index is 13.8. The summed E-state index contributed by atoms with van der Waals surface area (Å²) in [4.78, 5) is 29.6. The molecule has 1 fully saturated rings. The topological polar surface area (TPSA) is 61.9 Å². The van der Waals surface area contributed by atoms with E-state index >= 15 is 0 Å². The van der Waals surface area contributed by atoms with Crippen LogP contribution in [0.2, 0.25) is 5.02 Å². The molecule has 0 bridgehead atoms. The molecule has 1 aliphatic rings. The Balaban J connectivity index is 1.61. The molecule has 2 atom stereocenters. The molecular formula is C25H31ClFN3O3. The van der Waals surface area contributed by atoms with E-state index in [1.165, 1.54) is 5.56 Å². The fourth-order valence-electron chi connectivity index (χ4n) is 3.82. The molecule has 6 nitrogen and oxygen atoms in total. The quantitative estimate of drug-likeness (QED) is 0.583. The highest BCUT2D eigenvalue weighted by Gasteiger charge is 2.30. The zero-order chi connectivity index (χ0) is 23.6. The highest BCUT2D eigenvalue weighted by atomic mass is 35.5. The smallest absolute Gasteiger partial charge is 0.410 e. The van der Waals surface area contributed by atoms with Crippen LogP contribution in [-0.2, 0) is 22.5 Å². The Morgan fingerprint density at radius 1 is 1.03 bits per heavy atom. The number of piperazine rings is 1. The van der Waals surface area contributed by atoms with Crippen molar-refractivity contribution >= 4 is 23.6 Å². The van der Waals surface area contributed by atoms with Crippen molar-refractivity contribution in [1.29, 1.82) is 0 Å². The summed E-state index contributed by atoms with van der Waals surface area (Å²) >= 11 is 5.96. The lowest BCUT2D eigenvalue weighted by Gasteiger charge is -2.36. The molecule has 0 radical (unpaired) electrons. The number of nitrogens with one attached hydrogen (secondary N) is 1. The molecule has 1 saturated heterocycles. The van der Waals surface area contributed by atoms with Gasteiger partial charge in [0.1, 0.15) is 6.04 Å². The van der Waals surface area contributed by atoms with Crippen LogP contribution >= 0.6 is 11.6 Å². The highest BCUT2D eigenvalue weighted by Crippen LogP contribution is 2.15. The van der Waals surface area contributed by atoms with Gasteiger partial charge in [0.15, 0.2) is 0 Å². The summed E-state index contributed by atoms with van der Waals surface area (Å²) in [5.74, 6) is -0.202. The van der Waals surface area contributed by atoms with Crippen molar-refractivity contribution < 1.29 is 18.7 Å². The Kier molecular flexibility index (Phi) is 9.51. The number of hydrogen-bond donors (Lipinski definition) is 1. The first-order valence-corrected chi connectivity index (χ1v) is 11.7.